The third-order valence-corrected chi connectivity index (χ3v) is 6.39. The van der Waals surface area contributed by atoms with Crippen molar-refractivity contribution < 1.29 is 4.79 Å². The summed E-state index contributed by atoms with van der Waals surface area (Å²) < 4.78 is 0. The van der Waals surface area contributed by atoms with Gasteiger partial charge in [-0.15, -0.1) is 0 Å². The molecular weight excluding hydrogens is 378 g/mol. The minimum atomic E-state index is 0.0272. The molecule has 0 N–H and O–H groups in total. The van der Waals surface area contributed by atoms with Crippen molar-refractivity contribution in [3.05, 3.63) is 59.8 Å². The van der Waals surface area contributed by atoms with Crippen LogP contribution in [0.15, 0.2) is 42.9 Å². The van der Waals surface area contributed by atoms with Crippen LogP contribution in [-0.2, 0) is 0 Å². The van der Waals surface area contributed by atoms with Gasteiger partial charge in [-0.25, -0.2) is 4.98 Å². The van der Waals surface area contributed by atoms with E-state index in [4.69, 9.17) is 4.98 Å². The monoisotopic (exact) mass is 403 g/mol. The first kappa shape index (κ1) is 18.7. The molecule has 4 heterocycles. The van der Waals surface area contributed by atoms with Crippen LogP contribution in [0.3, 0.4) is 0 Å². The number of para-hydroxylation sites is 1. The summed E-state index contributed by atoms with van der Waals surface area (Å²) in [6.07, 6.45) is 7.24. The van der Waals surface area contributed by atoms with Crippen LogP contribution < -0.4 is 4.90 Å². The number of fused-ring (bicyclic) bond motifs is 1. The number of likely N-dealkylation sites (tertiary alicyclic amines) is 1. The molecule has 2 fully saturated rings. The fourth-order valence-corrected chi connectivity index (χ4v) is 4.62. The quantitative estimate of drug-likeness (QED) is 0.668. The van der Waals surface area contributed by atoms with E-state index in [0.717, 1.165) is 43.1 Å². The molecule has 30 heavy (non-hydrogen) atoms. The van der Waals surface area contributed by atoms with E-state index in [2.05, 4.69) is 20.1 Å². The van der Waals surface area contributed by atoms with Gasteiger partial charge in [-0.2, -0.15) is 15.0 Å². The molecule has 0 saturated carbocycles. The molecule has 5 rings (SSSR count). The molecule has 0 bridgehead atoms. The number of carbonyl (C=O) groups excluding carboxylic acids is 1. The molecule has 2 aliphatic rings. The van der Waals surface area contributed by atoms with Gasteiger partial charge in [-0.05, 0) is 44.7 Å². The van der Waals surface area contributed by atoms with Gasteiger partial charge in [0.25, 0.3) is 5.91 Å². The normalized spacial score (nSPS) is 21.0. The minimum absolute atomic E-state index is 0.0272. The van der Waals surface area contributed by atoms with Crippen LogP contribution in [0.2, 0.25) is 0 Å². The molecule has 8 heteroatoms. The number of hydrogen-bond acceptors (Lipinski definition) is 6. The Bertz CT molecular complexity index is 1070. The summed E-state index contributed by atoms with van der Waals surface area (Å²) in [6.45, 7) is 6.40. The fraction of sp³-hybridized carbons (Fsp3) is 0.409. The van der Waals surface area contributed by atoms with Crippen molar-refractivity contribution >= 4 is 11.7 Å². The van der Waals surface area contributed by atoms with Gasteiger partial charge in [0.15, 0.2) is 0 Å². The molecule has 2 atom stereocenters. The number of amides is 1. The number of aromatic nitrogens is 5. The maximum absolute atomic E-state index is 13.5. The molecule has 8 nitrogen and oxygen atoms in total. The van der Waals surface area contributed by atoms with E-state index in [1.807, 2.05) is 49.2 Å². The zero-order chi connectivity index (χ0) is 20.7. The first-order valence-electron chi connectivity index (χ1n) is 10.4. The van der Waals surface area contributed by atoms with Crippen LogP contribution in [0.1, 0.15) is 34.6 Å². The standard InChI is InChI=1S/C22H25N7O/c1-15-16(2)26-21(13-23-15)28-12-8-17-7-11-27(14-20(17)28)22(30)18-5-3-4-6-19(18)29-24-9-10-25-29/h3-6,9-10,13,17,20H,7-8,11-12,14H2,1-2H3/t17?,20-/m0/s1. The Balaban J connectivity index is 1.40. The smallest absolute Gasteiger partial charge is 0.256 e. The second-order valence-electron chi connectivity index (χ2n) is 8.08. The number of rotatable bonds is 3. The summed E-state index contributed by atoms with van der Waals surface area (Å²) in [6, 6.07) is 7.80. The molecule has 1 amide bonds. The third kappa shape index (κ3) is 3.22. The Morgan fingerprint density at radius 3 is 2.60 bits per heavy atom. The van der Waals surface area contributed by atoms with E-state index >= 15 is 0 Å². The van der Waals surface area contributed by atoms with E-state index in [9.17, 15) is 4.79 Å². The highest BCUT2D eigenvalue weighted by atomic mass is 16.2. The van der Waals surface area contributed by atoms with E-state index in [1.54, 1.807) is 12.4 Å². The van der Waals surface area contributed by atoms with Crippen molar-refractivity contribution in [1.29, 1.82) is 0 Å². The number of hydrogen-bond donors (Lipinski definition) is 0. The van der Waals surface area contributed by atoms with Crippen molar-refractivity contribution in [2.75, 3.05) is 24.5 Å². The lowest BCUT2D eigenvalue weighted by Crippen LogP contribution is -2.50. The van der Waals surface area contributed by atoms with E-state index in [1.165, 1.54) is 4.80 Å². The maximum atomic E-state index is 13.5. The predicted molar refractivity (Wildman–Crippen MR) is 113 cm³/mol. The second-order valence-corrected chi connectivity index (χ2v) is 8.08. The largest absolute Gasteiger partial charge is 0.350 e. The minimum Gasteiger partial charge on any atom is -0.350 e. The molecule has 3 aromatic rings. The Morgan fingerprint density at radius 2 is 1.80 bits per heavy atom. The van der Waals surface area contributed by atoms with Gasteiger partial charge in [0.05, 0.1) is 47.3 Å². The van der Waals surface area contributed by atoms with Crippen LogP contribution in [0.5, 0.6) is 0 Å². The van der Waals surface area contributed by atoms with Crippen molar-refractivity contribution in [2.24, 2.45) is 5.92 Å². The van der Waals surface area contributed by atoms with Crippen LogP contribution in [0.25, 0.3) is 5.69 Å². The van der Waals surface area contributed by atoms with Crippen LogP contribution in [-0.4, -0.2) is 61.4 Å². The summed E-state index contributed by atoms with van der Waals surface area (Å²) in [4.78, 5) is 28.5. The molecule has 2 aliphatic heterocycles. The predicted octanol–water partition coefficient (Wildman–Crippen LogP) is 2.42. The molecule has 1 aromatic carbocycles. The lowest BCUT2D eigenvalue weighted by molar-refractivity contribution is 0.0678. The van der Waals surface area contributed by atoms with Gasteiger partial charge in [0.2, 0.25) is 0 Å². The highest BCUT2D eigenvalue weighted by molar-refractivity contribution is 5.97. The van der Waals surface area contributed by atoms with E-state index in [0.29, 0.717) is 23.7 Å². The molecule has 2 saturated heterocycles. The highest BCUT2D eigenvalue weighted by Gasteiger charge is 2.40. The van der Waals surface area contributed by atoms with Crippen molar-refractivity contribution in [3.8, 4) is 5.69 Å². The lowest BCUT2D eigenvalue weighted by atomic mass is 9.91. The van der Waals surface area contributed by atoms with Crippen LogP contribution >= 0.6 is 0 Å². The van der Waals surface area contributed by atoms with Gasteiger partial charge < -0.3 is 9.80 Å². The summed E-state index contributed by atoms with van der Waals surface area (Å²) >= 11 is 0. The van der Waals surface area contributed by atoms with Gasteiger partial charge in [0.1, 0.15) is 5.82 Å². The fourth-order valence-electron chi connectivity index (χ4n) is 4.62. The zero-order valence-corrected chi connectivity index (χ0v) is 17.3. The van der Waals surface area contributed by atoms with Gasteiger partial charge >= 0.3 is 0 Å². The van der Waals surface area contributed by atoms with Crippen molar-refractivity contribution in [1.82, 2.24) is 29.9 Å². The Hall–Kier alpha value is -3.29. The Labute approximate surface area is 175 Å². The number of carbonyl (C=O) groups is 1. The maximum Gasteiger partial charge on any atom is 0.256 e. The number of benzene rings is 1. The molecule has 1 unspecified atom stereocenters. The number of aryl methyl sites for hydroxylation is 2. The molecule has 2 aromatic heterocycles. The molecular formula is C22H25N7O. The van der Waals surface area contributed by atoms with Crippen molar-refractivity contribution in [2.45, 2.75) is 32.7 Å². The summed E-state index contributed by atoms with van der Waals surface area (Å²) in [5.41, 5.74) is 3.25. The van der Waals surface area contributed by atoms with Crippen molar-refractivity contribution in [3.63, 3.8) is 0 Å². The number of anilines is 1. The first-order valence-corrected chi connectivity index (χ1v) is 10.4. The van der Waals surface area contributed by atoms with Crippen LogP contribution in [0.4, 0.5) is 5.82 Å². The SMILES string of the molecule is Cc1ncc(N2CCC3CCN(C(=O)c4ccccc4-n4nccn4)C[C@@H]32)nc1C. The summed E-state index contributed by atoms with van der Waals surface area (Å²) in [5.74, 6) is 1.53. The van der Waals surface area contributed by atoms with Gasteiger partial charge in [-0.1, -0.05) is 12.1 Å². The van der Waals surface area contributed by atoms with E-state index in [-0.39, 0.29) is 11.9 Å². The average Bonchev–Trinajstić information content (AvgIpc) is 3.45. The molecule has 0 aliphatic carbocycles. The highest BCUT2D eigenvalue weighted by Crippen LogP contribution is 2.35. The summed E-state index contributed by atoms with van der Waals surface area (Å²) in [5, 5.41) is 8.41. The zero-order valence-electron chi connectivity index (χ0n) is 17.3. The molecule has 0 spiro atoms. The first-order chi connectivity index (χ1) is 14.6. The number of nitrogens with zero attached hydrogens (tertiary/aromatic N) is 7. The second kappa shape index (κ2) is 7.51. The van der Waals surface area contributed by atoms with Gasteiger partial charge in [-0.3, -0.25) is 9.78 Å². The molecule has 154 valence electrons. The van der Waals surface area contributed by atoms with Crippen LogP contribution in [0, 0.1) is 19.8 Å². The molecule has 0 radical (unpaired) electrons. The van der Waals surface area contributed by atoms with Gasteiger partial charge in [0, 0.05) is 19.6 Å². The van der Waals surface area contributed by atoms with E-state index < -0.39 is 0 Å². The Morgan fingerprint density at radius 1 is 1.03 bits per heavy atom. The lowest BCUT2D eigenvalue weighted by Gasteiger charge is -2.39. The average molecular weight is 403 g/mol. The Kier molecular flexibility index (Phi) is 4.69. The summed E-state index contributed by atoms with van der Waals surface area (Å²) in [7, 11) is 0. The third-order valence-electron chi connectivity index (χ3n) is 6.39. The topological polar surface area (TPSA) is 80.0 Å². The number of piperidine rings is 1.